The summed E-state index contributed by atoms with van der Waals surface area (Å²) >= 11 is 0. The fourth-order valence-corrected chi connectivity index (χ4v) is 3.33. The fourth-order valence-electron chi connectivity index (χ4n) is 3.33. The second-order valence-corrected chi connectivity index (χ2v) is 7.33. The van der Waals surface area contributed by atoms with Crippen LogP contribution >= 0.6 is 0 Å². The summed E-state index contributed by atoms with van der Waals surface area (Å²) in [4.78, 5) is 27.3. The molecule has 3 rings (SSSR count). The van der Waals surface area contributed by atoms with Crippen molar-refractivity contribution in [3.05, 3.63) is 54.1 Å². The van der Waals surface area contributed by atoms with Crippen molar-refractivity contribution < 1.29 is 18.5 Å². The number of benzene rings is 1. The van der Waals surface area contributed by atoms with Crippen molar-refractivity contribution in [2.75, 3.05) is 6.54 Å². The van der Waals surface area contributed by atoms with Gasteiger partial charge >= 0.3 is 0 Å². The molecule has 148 valence electrons. The number of aromatic nitrogens is 1. The van der Waals surface area contributed by atoms with Crippen LogP contribution in [0.5, 0.6) is 0 Å². The second-order valence-electron chi connectivity index (χ2n) is 7.33. The number of halogens is 1. The number of hydrogen-bond acceptors (Lipinski definition) is 4. The number of nitrogens with one attached hydrogen (secondary N) is 1. The first-order chi connectivity index (χ1) is 13.4. The molecule has 0 bridgehead atoms. The van der Waals surface area contributed by atoms with Crippen molar-refractivity contribution in [3.63, 3.8) is 0 Å². The van der Waals surface area contributed by atoms with Gasteiger partial charge in [0.1, 0.15) is 17.6 Å². The molecule has 1 fully saturated rings. The molecule has 2 atom stereocenters. The third-order valence-electron chi connectivity index (χ3n) is 4.64. The minimum atomic E-state index is -0.562. The van der Waals surface area contributed by atoms with E-state index in [2.05, 4.69) is 10.5 Å². The Morgan fingerprint density at radius 2 is 2.11 bits per heavy atom. The van der Waals surface area contributed by atoms with Gasteiger partial charge in [0.25, 0.3) is 5.91 Å². The summed E-state index contributed by atoms with van der Waals surface area (Å²) in [5, 5.41) is 6.88. The molecule has 0 aliphatic carbocycles. The smallest absolute Gasteiger partial charge is 0.293 e. The van der Waals surface area contributed by atoms with Crippen molar-refractivity contribution in [2.45, 2.75) is 39.3 Å². The highest BCUT2D eigenvalue weighted by atomic mass is 19.1. The van der Waals surface area contributed by atoms with Gasteiger partial charge in [0.05, 0.1) is 6.04 Å². The average Bonchev–Trinajstić information content (AvgIpc) is 3.14. The lowest BCUT2D eigenvalue weighted by Crippen LogP contribution is -2.61. The Morgan fingerprint density at radius 3 is 2.75 bits per heavy atom. The Labute approximate surface area is 163 Å². The van der Waals surface area contributed by atoms with Crippen LogP contribution in [0.3, 0.4) is 0 Å². The van der Waals surface area contributed by atoms with Crippen LogP contribution in [0.15, 0.2) is 47.0 Å². The third-order valence-corrected chi connectivity index (χ3v) is 4.64. The Hall–Kier alpha value is -2.96. The number of allylic oxidation sites excluding steroid dienone is 1. The Balaban J connectivity index is 1.86. The molecule has 2 amide bonds. The van der Waals surface area contributed by atoms with E-state index in [1.807, 2.05) is 32.9 Å². The maximum atomic E-state index is 13.1. The van der Waals surface area contributed by atoms with E-state index in [-0.39, 0.29) is 35.4 Å². The lowest BCUT2D eigenvalue weighted by Gasteiger charge is -2.38. The molecule has 1 aliphatic rings. The summed E-state index contributed by atoms with van der Waals surface area (Å²) in [6, 6.07) is 6.50. The van der Waals surface area contributed by atoms with Gasteiger partial charge in [-0.25, -0.2) is 4.39 Å². The van der Waals surface area contributed by atoms with Crippen molar-refractivity contribution in [2.24, 2.45) is 5.92 Å². The Bertz CT molecular complexity index is 873. The molecule has 0 spiro atoms. The highest BCUT2D eigenvalue weighted by Crippen LogP contribution is 2.23. The number of amides is 2. The summed E-state index contributed by atoms with van der Waals surface area (Å²) in [6.07, 6.45) is 4.25. The van der Waals surface area contributed by atoms with Gasteiger partial charge < -0.3 is 14.7 Å². The molecule has 7 heteroatoms. The molecule has 6 nitrogen and oxygen atoms in total. The summed E-state index contributed by atoms with van der Waals surface area (Å²) in [5.41, 5.74) is 1.08. The number of hydrogen-bond donors (Lipinski definition) is 1. The first kappa shape index (κ1) is 19.8. The zero-order valence-corrected chi connectivity index (χ0v) is 16.2. The quantitative estimate of drug-likeness (QED) is 0.801. The monoisotopic (exact) mass is 385 g/mol. The molecule has 2 heterocycles. The van der Waals surface area contributed by atoms with Crippen LogP contribution in [0.2, 0.25) is 0 Å². The van der Waals surface area contributed by atoms with Crippen LogP contribution in [0, 0.1) is 11.7 Å². The van der Waals surface area contributed by atoms with Gasteiger partial charge in [0.2, 0.25) is 11.7 Å². The molecule has 0 saturated carbocycles. The van der Waals surface area contributed by atoms with E-state index >= 15 is 0 Å². The van der Waals surface area contributed by atoms with Crippen LogP contribution in [-0.2, 0) is 4.79 Å². The Morgan fingerprint density at radius 1 is 1.39 bits per heavy atom. The van der Waals surface area contributed by atoms with Gasteiger partial charge in [0, 0.05) is 18.2 Å². The van der Waals surface area contributed by atoms with Crippen LogP contribution in [-0.4, -0.2) is 40.5 Å². The van der Waals surface area contributed by atoms with Crippen molar-refractivity contribution in [3.8, 4) is 11.3 Å². The highest BCUT2D eigenvalue weighted by Gasteiger charge is 2.38. The number of nitrogens with zero attached hydrogens (tertiary/aromatic N) is 2. The normalized spacial score (nSPS) is 20.0. The zero-order valence-electron chi connectivity index (χ0n) is 16.2. The predicted octanol–water partition coefficient (Wildman–Crippen LogP) is 3.41. The number of carbonyl (C=O) groups is 2. The van der Waals surface area contributed by atoms with E-state index in [4.69, 9.17) is 4.52 Å². The van der Waals surface area contributed by atoms with E-state index in [1.54, 1.807) is 17.0 Å². The second kappa shape index (κ2) is 8.37. The molecule has 0 unspecified atom stereocenters. The minimum absolute atomic E-state index is 0.0574. The molecular weight excluding hydrogens is 361 g/mol. The molecular formula is C21H24FN3O3. The van der Waals surface area contributed by atoms with Gasteiger partial charge in [-0.05, 0) is 43.5 Å². The maximum Gasteiger partial charge on any atom is 0.293 e. The van der Waals surface area contributed by atoms with Crippen LogP contribution < -0.4 is 5.32 Å². The highest BCUT2D eigenvalue weighted by molar-refractivity contribution is 5.97. The van der Waals surface area contributed by atoms with Crippen LogP contribution in [0.25, 0.3) is 11.3 Å². The molecule has 1 saturated heterocycles. The lowest BCUT2D eigenvalue weighted by molar-refractivity contribution is -0.129. The summed E-state index contributed by atoms with van der Waals surface area (Å²) < 4.78 is 18.4. The zero-order chi connectivity index (χ0) is 20.3. The van der Waals surface area contributed by atoms with Gasteiger partial charge in [0.15, 0.2) is 0 Å². The van der Waals surface area contributed by atoms with Gasteiger partial charge in [-0.15, -0.1) is 0 Å². The van der Waals surface area contributed by atoms with Gasteiger partial charge in [-0.3, -0.25) is 9.59 Å². The van der Waals surface area contributed by atoms with Crippen molar-refractivity contribution in [1.82, 2.24) is 15.4 Å². The molecule has 1 aromatic heterocycles. The average molecular weight is 385 g/mol. The first-order valence-corrected chi connectivity index (χ1v) is 9.36. The largest absolute Gasteiger partial charge is 0.350 e. The maximum absolute atomic E-state index is 13.1. The first-order valence-electron chi connectivity index (χ1n) is 9.36. The SMILES string of the molecule is C/C=C/[C@H]1CN(C(=O)c2cc(-c3ccc(F)cc3)no2)[C@@H](CC(C)C)C(=O)N1. The predicted molar refractivity (Wildman–Crippen MR) is 103 cm³/mol. The van der Waals surface area contributed by atoms with Crippen molar-refractivity contribution >= 4 is 11.8 Å². The van der Waals surface area contributed by atoms with Gasteiger partial charge in [-0.1, -0.05) is 31.2 Å². The van der Waals surface area contributed by atoms with Crippen LogP contribution in [0.1, 0.15) is 37.7 Å². The standard InChI is InChI=1S/C21H24FN3O3/c1-4-5-16-12-25(18(10-13(2)3)20(26)23-16)21(27)19-11-17(24-28-19)14-6-8-15(22)9-7-14/h4-9,11,13,16,18H,10,12H2,1-3H3,(H,23,26)/b5-4+/t16-,18-/m0/s1. The molecule has 0 radical (unpaired) electrons. The molecule has 1 aliphatic heterocycles. The molecule has 2 aromatic rings. The van der Waals surface area contributed by atoms with E-state index in [0.717, 1.165) is 0 Å². The van der Waals surface area contributed by atoms with E-state index in [1.165, 1.54) is 18.2 Å². The topological polar surface area (TPSA) is 75.4 Å². The van der Waals surface area contributed by atoms with E-state index in [0.29, 0.717) is 24.2 Å². The minimum Gasteiger partial charge on any atom is -0.350 e. The lowest BCUT2D eigenvalue weighted by atomic mass is 9.97. The summed E-state index contributed by atoms with van der Waals surface area (Å²) in [5.74, 6) is -0.601. The number of rotatable bonds is 5. The number of piperazine rings is 1. The fraction of sp³-hybridized carbons (Fsp3) is 0.381. The van der Waals surface area contributed by atoms with E-state index < -0.39 is 6.04 Å². The molecule has 28 heavy (non-hydrogen) atoms. The molecule has 1 N–H and O–H groups in total. The van der Waals surface area contributed by atoms with E-state index in [9.17, 15) is 14.0 Å². The van der Waals surface area contributed by atoms with Gasteiger partial charge in [-0.2, -0.15) is 0 Å². The van der Waals surface area contributed by atoms with Crippen LogP contribution in [0.4, 0.5) is 4.39 Å². The molecule has 1 aromatic carbocycles. The summed E-state index contributed by atoms with van der Waals surface area (Å²) in [6.45, 7) is 6.24. The summed E-state index contributed by atoms with van der Waals surface area (Å²) in [7, 11) is 0. The Kier molecular flexibility index (Phi) is 5.92. The number of carbonyl (C=O) groups excluding carboxylic acids is 2. The third kappa shape index (κ3) is 4.30. The van der Waals surface area contributed by atoms with Crippen molar-refractivity contribution in [1.29, 1.82) is 0 Å².